The molecule has 0 radical (unpaired) electrons. The van der Waals surface area contributed by atoms with E-state index in [1.165, 1.54) is 0 Å². The minimum absolute atomic E-state index is 0.0172. The fourth-order valence-electron chi connectivity index (χ4n) is 6.60. The van der Waals surface area contributed by atoms with Gasteiger partial charge in [-0.1, -0.05) is 36.2 Å². The molecule has 2 amide bonds. The van der Waals surface area contributed by atoms with Gasteiger partial charge < -0.3 is 30.7 Å². The first-order valence-electron chi connectivity index (χ1n) is 15.9. The van der Waals surface area contributed by atoms with Crippen LogP contribution < -0.4 is 20.7 Å². The molecule has 0 saturated carbocycles. The number of aromatic nitrogens is 2. The topological polar surface area (TPSA) is 140 Å². The number of likely N-dealkylation sites (tertiary alicyclic amines) is 2. The fraction of sp³-hybridized carbons (Fsp3) is 0.613. The van der Waals surface area contributed by atoms with Gasteiger partial charge in [0.1, 0.15) is 12.4 Å². The SMILES string of the molecule is CC[C@H]1CN(c2nc(N)c(C(=O)NCCO)nc2Cl)CCN1C1CCN(Cc2ccc(Cl)cc2OCCN2CCCC2=O)CC1. The van der Waals surface area contributed by atoms with E-state index in [2.05, 4.69) is 36.9 Å². The molecule has 0 aliphatic carbocycles. The molecule has 4 N–H and O–H groups in total. The molecule has 14 heteroatoms. The van der Waals surface area contributed by atoms with Crippen molar-refractivity contribution in [3.05, 3.63) is 39.6 Å². The predicted molar refractivity (Wildman–Crippen MR) is 175 cm³/mol. The van der Waals surface area contributed by atoms with E-state index >= 15 is 0 Å². The van der Waals surface area contributed by atoms with Gasteiger partial charge >= 0.3 is 0 Å². The van der Waals surface area contributed by atoms with E-state index in [1.54, 1.807) is 0 Å². The maximum Gasteiger partial charge on any atom is 0.273 e. The Morgan fingerprint density at radius 3 is 2.67 bits per heavy atom. The lowest BCUT2D eigenvalue weighted by Crippen LogP contribution is -2.58. The van der Waals surface area contributed by atoms with Gasteiger partial charge in [0.25, 0.3) is 5.91 Å². The van der Waals surface area contributed by atoms with Crippen LogP contribution in [0.1, 0.15) is 55.1 Å². The van der Waals surface area contributed by atoms with Crippen molar-refractivity contribution in [3.8, 4) is 5.75 Å². The van der Waals surface area contributed by atoms with Crippen LogP contribution in [0.4, 0.5) is 11.6 Å². The van der Waals surface area contributed by atoms with Crippen molar-refractivity contribution >= 4 is 46.7 Å². The maximum atomic E-state index is 12.3. The van der Waals surface area contributed by atoms with Crippen LogP contribution >= 0.6 is 23.2 Å². The number of hydrogen-bond donors (Lipinski definition) is 3. The monoisotopic (exact) mass is 662 g/mol. The minimum atomic E-state index is -0.514. The van der Waals surface area contributed by atoms with Gasteiger partial charge in [-0.2, -0.15) is 0 Å². The van der Waals surface area contributed by atoms with Crippen molar-refractivity contribution in [2.45, 2.75) is 57.7 Å². The summed E-state index contributed by atoms with van der Waals surface area (Å²) in [6, 6.07) is 6.64. The molecule has 0 spiro atoms. The lowest BCUT2D eigenvalue weighted by atomic mass is 9.97. The van der Waals surface area contributed by atoms with Crippen molar-refractivity contribution in [1.82, 2.24) is 30.0 Å². The van der Waals surface area contributed by atoms with Gasteiger partial charge in [-0.25, -0.2) is 9.97 Å². The number of anilines is 2. The number of nitrogens with zero attached hydrogens (tertiary/aromatic N) is 6. The lowest BCUT2D eigenvalue weighted by molar-refractivity contribution is -0.128. The Labute approximate surface area is 274 Å². The molecule has 3 saturated heterocycles. The van der Waals surface area contributed by atoms with Crippen LogP contribution in [0.25, 0.3) is 0 Å². The number of amides is 2. The molecule has 4 heterocycles. The van der Waals surface area contributed by atoms with Gasteiger partial charge in [0.2, 0.25) is 5.91 Å². The highest BCUT2D eigenvalue weighted by molar-refractivity contribution is 6.32. The van der Waals surface area contributed by atoms with Gasteiger partial charge in [-0.15, -0.1) is 0 Å². The smallest absolute Gasteiger partial charge is 0.273 e. The van der Waals surface area contributed by atoms with Crippen LogP contribution in [0.2, 0.25) is 10.2 Å². The van der Waals surface area contributed by atoms with E-state index in [4.69, 9.17) is 38.8 Å². The molecule has 0 unspecified atom stereocenters. The number of aliphatic hydroxyl groups excluding tert-OH is 1. The minimum Gasteiger partial charge on any atom is -0.491 e. The summed E-state index contributed by atoms with van der Waals surface area (Å²) in [7, 11) is 0. The molecule has 3 aliphatic rings. The molecule has 3 aliphatic heterocycles. The van der Waals surface area contributed by atoms with Crippen molar-refractivity contribution < 1.29 is 19.4 Å². The molecular formula is C31H44Cl2N8O4. The number of nitrogen functional groups attached to an aromatic ring is 1. The Balaban J connectivity index is 1.14. The molecule has 45 heavy (non-hydrogen) atoms. The molecule has 12 nitrogen and oxygen atoms in total. The average molecular weight is 664 g/mol. The summed E-state index contributed by atoms with van der Waals surface area (Å²) in [6.07, 6.45) is 4.68. The summed E-state index contributed by atoms with van der Waals surface area (Å²) >= 11 is 12.8. The zero-order chi connectivity index (χ0) is 31.9. The standard InChI is InChI=1S/C31H44Cl2N8O4/c1-2-23-20-40(30-28(33)36-27(29(34)37-30)31(44)35-9-16-42)13-14-41(23)24-7-11-38(12-8-24)19-21-5-6-22(32)18-25(21)45-17-15-39-10-3-4-26(39)43/h5-6,18,23-24,42H,2-4,7-17,19-20H2,1H3,(H2,34,37)(H,35,44)/t23-/m0/s1. The Hall–Kier alpha value is -2.90. The second-order valence-electron chi connectivity index (χ2n) is 11.9. The Morgan fingerprint density at radius 1 is 1.16 bits per heavy atom. The number of carbonyl (C=O) groups is 2. The average Bonchev–Trinajstić information content (AvgIpc) is 3.46. The first kappa shape index (κ1) is 33.5. The van der Waals surface area contributed by atoms with Crippen LogP contribution in [-0.4, -0.2) is 119 Å². The second kappa shape index (κ2) is 15.6. The number of nitrogens with two attached hydrogens (primary N) is 1. The number of piperidine rings is 1. The van der Waals surface area contributed by atoms with Gasteiger partial charge in [0, 0.05) is 68.4 Å². The highest BCUT2D eigenvalue weighted by Gasteiger charge is 2.34. The first-order valence-corrected chi connectivity index (χ1v) is 16.7. The maximum absolute atomic E-state index is 12.3. The summed E-state index contributed by atoms with van der Waals surface area (Å²) in [5.41, 5.74) is 7.17. The third-order valence-corrected chi connectivity index (χ3v) is 9.50. The number of benzene rings is 1. The molecule has 2 aromatic rings. The molecule has 3 fully saturated rings. The zero-order valence-corrected chi connectivity index (χ0v) is 27.4. The normalized spacial score (nSPS) is 20.2. The second-order valence-corrected chi connectivity index (χ2v) is 12.7. The molecule has 1 atom stereocenters. The van der Waals surface area contributed by atoms with Gasteiger partial charge in [0.05, 0.1) is 13.2 Å². The number of carbonyl (C=O) groups excluding carboxylic acids is 2. The van der Waals surface area contributed by atoms with E-state index in [9.17, 15) is 9.59 Å². The number of aliphatic hydroxyl groups is 1. The van der Waals surface area contributed by atoms with Crippen molar-refractivity contribution in [3.63, 3.8) is 0 Å². The van der Waals surface area contributed by atoms with E-state index in [0.29, 0.717) is 42.5 Å². The number of rotatable bonds is 12. The van der Waals surface area contributed by atoms with Crippen LogP contribution in [0.15, 0.2) is 18.2 Å². The molecule has 1 aromatic carbocycles. The van der Waals surface area contributed by atoms with Crippen molar-refractivity contribution in [1.29, 1.82) is 0 Å². The lowest BCUT2D eigenvalue weighted by Gasteiger charge is -2.47. The number of piperazine rings is 1. The third kappa shape index (κ3) is 8.28. The quantitative estimate of drug-likeness (QED) is 0.311. The highest BCUT2D eigenvalue weighted by Crippen LogP contribution is 2.31. The largest absolute Gasteiger partial charge is 0.491 e. The first-order chi connectivity index (χ1) is 21.8. The molecular weight excluding hydrogens is 619 g/mol. The highest BCUT2D eigenvalue weighted by atomic mass is 35.5. The van der Waals surface area contributed by atoms with Gasteiger partial charge in [-0.05, 0) is 50.9 Å². The van der Waals surface area contributed by atoms with E-state index in [0.717, 1.165) is 82.8 Å². The van der Waals surface area contributed by atoms with Gasteiger partial charge in [-0.3, -0.25) is 19.4 Å². The summed E-state index contributed by atoms with van der Waals surface area (Å²) in [4.78, 5) is 42.1. The molecule has 0 bridgehead atoms. The predicted octanol–water partition coefficient (Wildman–Crippen LogP) is 2.65. The summed E-state index contributed by atoms with van der Waals surface area (Å²) < 4.78 is 6.14. The van der Waals surface area contributed by atoms with E-state index < -0.39 is 5.91 Å². The van der Waals surface area contributed by atoms with Gasteiger partial charge in [0.15, 0.2) is 22.5 Å². The number of halogens is 2. The summed E-state index contributed by atoms with van der Waals surface area (Å²) in [5, 5.41) is 12.3. The number of ether oxygens (including phenoxy) is 1. The Morgan fingerprint density at radius 2 is 1.96 bits per heavy atom. The number of hydrogen-bond acceptors (Lipinski definition) is 10. The summed E-state index contributed by atoms with van der Waals surface area (Å²) in [6.45, 7) is 9.09. The van der Waals surface area contributed by atoms with Crippen LogP contribution in [-0.2, 0) is 11.3 Å². The van der Waals surface area contributed by atoms with Crippen LogP contribution in [0, 0.1) is 0 Å². The number of nitrogens with one attached hydrogen (secondary N) is 1. The van der Waals surface area contributed by atoms with E-state index in [-0.39, 0.29) is 35.7 Å². The summed E-state index contributed by atoms with van der Waals surface area (Å²) in [5.74, 6) is 0.995. The Kier molecular flexibility index (Phi) is 11.6. The Bertz CT molecular complexity index is 1340. The van der Waals surface area contributed by atoms with Crippen molar-refractivity contribution in [2.75, 3.05) is 76.2 Å². The fourth-order valence-corrected chi connectivity index (χ4v) is 7.00. The molecule has 246 valence electrons. The third-order valence-electron chi connectivity index (χ3n) is 9.01. The zero-order valence-electron chi connectivity index (χ0n) is 25.9. The van der Waals surface area contributed by atoms with Crippen LogP contribution in [0.5, 0.6) is 5.75 Å². The molecule has 1 aromatic heterocycles. The van der Waals surface area contributed by atoms with E-state index in [1.807, 2.05) is 23.1 Å². The van der Waals surface area contributed by atoms with Crippen LogP contribution in [0.3, 0.4) is 0 Å². The molecule has 5 rings (SSSR count). The van der Waals surface area contributed by atoms with Crippen molar-refractivity contribution in [2.24, 2.45) is 0 Å².